The number of nitrogens with one attached hydrogen (secondary N) is 1. The molecule has 2 rings (SSSR count). The second-order valence-corrected chi connectivity index (χ2v) is 5.26. The summed E-state index contributed by atoms with van der Waals surface area (Å²) in [5, 5.41) is 3.07. The van der Waals surface area contributed by atoms with Gasteiger partial charge >= 0.3 is 0 Å². The molecular formula is C13H20N2O3. The van der Waals surface area contributed by atoms with Gasteiger partial charge in [0.25, 0.3) is 0 Å². The maximum atomic E-state index is 12.3. The third-order valence-corrected chi connectivity index (χ3v) is 3.94. The molecule has 2 aliphatic heterocycles. The van der Waals surface area contributed by atoms with E-state index in [9.17, 15) is 14.4 Å². The molecule has 0 aromatic heterocycles. The van der Waals surface area contributed by atoms with Gasteiger partial charge in [-0.3, -0.25) is 19.7 Å². The van der Waals surface area contributed by atoms with E-state index >= 15 is 0 Å². The normalized spacial score (nSPS) is 31.7. The molecule has 0 aliphatic carbocycles. The number of likely N-dealkylation sites (tertiary alicyclic amines) is 1. The fourth-order valence-electron chi connectivity index (χ4n) is 2.91. The fraction of sp³-hybridized carbons (Fsp3) is 0.769. The summed E-state index contributed by atoms with van der Waals surface area (Å²) in [6.07, 6.45) is 3.05. The zero-order valence-corrected chi connectivity index (χ0v) is 10.9. The molecule has 0 spiro atoms. The minimum absolute atomic E-state index is 0.0172. The van der Waals surface area contributed by atoms with Gasteiger partial charge in [-0.25, -0.2) is 0 Å². The van der Waals surface area contributed by atoms with Gasteiger partial charge in [0.1, 0.15) is 5.78 Å². The van der Waals surface area contributed by atoms with Crippen molar-refractivity contribution in [3.8, 4) is 0 Å². The van der Waals surface area contributed by atoms with Gasteiger partial charge in [-0.2, -0.15) is 0 Å². The topological polar surface area (TPSA) is 66.5 Å². The first-order valence-corrected chi connectivity index (χ1v) is 6.58. The summed E-state index contributed by atoms with van der Waals surface area (Å²) in [6.45, 7) is 3.74. The summed E-state index contributed by atoms with van der Waals surface area (Å²) in [4.78, 5) is 36.8. The van der Waals surface area contributed by atoms with Crippen LogP contribution in [0.4, 0.5) is 0 Å². The Labute approximate surface area is 107 Å². The van der Waals surface area contributed by atoms with Crippen LogP contribution in [0, 0.1) is 0 Å². The van der Waals surface area contributed by atoms with Crippen molar-refractivity contribution < 1.29 is 14.4 Å². The first kappa shape index (κ1) is 13.2. The van der Waals surface area contributed by atoms with Crippen molar-refractivity contribution in [1.82, 2.24) is 10.2 Å². The van der Waals surface area contributed by atoms with E-state index in [1.165, 1.54) is 6.92 Å². The Morgan fingerprint density at radius 3 is 2.22 bits per heavy atom. The minimum atomic E-state index is -0.293. The number of Topliss-reactive ketones (excluding diaryl/α,β-unsaturated/α-hetero) is 2. The summed E-state index contributed by atoms with van der Waals surface area (Å²) in [7, 11) is 0. The van der Waals surface area contributed by atoms with Crippen LogP contribution in [-0.2, 0) is 14.4 Å². The molecule has 2 saturated heterocycles. The van der Waals surface area contributed by atoms with Crippen molar-refractivity contribution in [2.24, 2.45) is 0 Å². The summed E-state index contributed by atoms with van der Waals surface area (Å²) in [6, 6.07) is -0.744. The molecule has 0 aromatic rings. The van der Waals surface area contributed by atoms with Crippen LogP contribution in [-0.4, -0.2) is 47.0 Å². The average molecular weight is 252 g/mol. The van der Waals surface area contributed by atoms with Crippen LogP contribution in [0.15, 0.2) is 0 Å². The summed E-state index contributed by atoms with van der Waals surface area (Å²) in [5.74, 6) is 0.119. The Morgan fingerprint density at radius 1 is 1.00 bits per heavy atom. The smallest absolute Gasteiger partial charge is 0.240 e. The Hall–Kier alpha value is -1.23. The lowest BCUT2D eigenvalue weighted by molar-refractivity contribution is -0.138. The standard InChI is InChI=1S/C13H20N2O3/c1-8(16)10-5-6-11(14-10)13(18)15-7-3-4-12(15)9(2)17/h10-12,14H,3-7H2,1-2H3/t10-,11+,12-/m1/s1. The van der Waals surface area contributed by atoms with Crippen molar-refractivity contribution in [1.29, 1.82) is 0 Å². The van der Waals surface area contributed by atoms with Crippen molar-refractivity contribution in [3.05, 3.63) is 0 Å². The summed E-state index contributed by atoms with van der Waals surface area (Å²) >= 11 is 0. The molecule has 5 heteroatoms. The maximum absolute atomic E-state index is 12.3. The van der Waals surface area contributed by atoms with Crippen LogP contribution >= 0.6 is 0 Å². The molecule has 5 nitrogen and oxygen atoms in total. The Kier molecular flexibility index (Phi) is 3.80. The van der Waals surface area contributed by atoms with Crippen molar-refractivity contribution >= 4 is 17.5 Å². The summed E-state index contributed by atoms with van der Waals surface area (Å²) in [5.41, 5.74) is 0. The molecule has 18 heavy (non-hydrogen) atoms. The monoisotopic (exact) mass is 252 g/mol. The van der Waals surface area contributed by atoms with Crippen LogP contribution in [0.3, 0.4) is 0 Å². The minimum Gasteiger partial charge on any atom is -0.331 e. The van der Waals surface area contributed by atoms with E-state index in [1.807, 2.05) is 0 Å². The third kappa shape index (κ3) is 2.46. The van der Waals surface area contributed by atoms with Gasteiger partial charge in [-0.1, -0.05) is 0 Å². The number of hydrogen-bond donors (Lipinski definition) is 1. The molecule has 0 saturated carbocycles. The van der Waals surface area contributed by atoms with E-state index in [0.29, 0.717) is 19.4 Å². The molecule has 3 atom stereocenters. The molecule has 0 bridgehead atoms. The average Bonchev–Trinajstić information content (AvgIpc) is 2.97. The van der Waals surface area contributed by atoms with E-state index < -0.39 is 0 Å². The predicted molar refractivity (Wildman–Crippen MR) is 66.0 cm³/mol. The number of nitrogens with zero attached hydrogens (tertiary/aromatic N) is 1. The Bertz CT molecular complexity index is 380. The fourth-order valence-corrected chi connectivity index (χ4v) is 2.91. The molecule has 1 amide bonds. The van der Waals surface area contributed by atoms with Crippen molar-refractivity contribution in [3.63, 3.8) is 0 Å². The zero-order chi connectivity index (χ0) is 13.3. The number of hydrogen-bond acceptors (Lipinski definition) is 4. The quantitative estimate of drug-likeness (QED) is 0.783. The first-order valence-electron chi connectivity index (χ1n) is 6.58. The highest BCUT2D eigenvalue weighted by atomic mass is 16.2. The predicted octanol–water partition coefficient (Wildman–Crippen LogP) is 0.276. The molecule has 2 heterocycles. The number of carbonyl (C=O) groups is 3. The van der Waals surface area contributed by atoms with Gasteiger partial charge in [0.15, 0.2) is 5.78 Å². The van der Waals surface area contributed by atoms with E-state index in [4.69, 9.17) is 0 Å². The highest BCUT2D eigenvalue weighted by Crippen LogP contribution is 2.22. The van der Waals surface area contributed by atoms with Crippen LogP contribution in [0.5, 0.6) is 0 Å². The number of carbonyl (C=O) groups excluding carboxylic acids is 3. The second-order valence-electron chi connectivity index (χ2n) is 5.26. The van der Waals surface area contributed by atoms with Gasteiger partial charge in [0.2, 0.25) is 5.91 Å². The molecule has 1 N–H and O–H groups in total. The molecule has 0 radical (unpaired) electrons. The lowest BCUT2D eigenvalue weighted by atomic mass is 10.1. The molecule has 2 aliphatic rings. The van der Waals surface area contributed by atoms with Crippen molar-refractivity contribution in [2.75, 3.05) is 6.54 Å². The highest BCUT2D eigenvalue weighted by Gasteiger charge is 2.38. The molecule has 0 unspecified atom stereocenters. The lowest BCUT2D eigenvalue weighted by Gasteiger charge is -2.26. The van der Waals surface area contributed by atoms with E-state index in [0.717, 1.165) is 12.8 Å². The van der Waals surface area contributed by atoms with Crippen molar-refractivity contribution in [2.45, 2.75) is 57.7 Å². The number of rotatable bonds is 3. The first-order chi connectivity index (χ1) is 8.50. The van der Waals surface area contributed by atoms with Gasteiger partial charge in [-0.15, -0.1) is 0 Å². The largest absolute Gasteiger partial charge is 0.331 e. The summed E-state index contributed by atoms with van der Waals surface area (Å²) < 4.78 is 0. The highest BCUT2D eigenvalue weighted by molar-refractivity contribution is 5.91. The molecule has 0 aromatic carbocycles. The second kappa shape index (κ2) is 5.18. The van der Waals surface area contributed by atoms with E-state index in [1.54, 1.807) is 11.8 Å². The van der Waals surface area contributed by atoms with Gasteiger partial charge in [-0.05, 0) is 39.5 Å². The molecule has 100 valence electrons. The lowest BCUT2D eigenvalue weighted by Crippen LogP contribution is -2.49. The van der Waals surface area contributed by atoms with Crippen LogP contribution in [0.25, 0.3) is 0 Å². The number of ketones is 2. The maximum Gasteiger partial charge on any atom is 0.240 e. The van der Waals surface area contributed by atoms with Crippen LogP contribution in [0.2, 0.25) is 0 Å². The molecular weight excluding hydrogens is 232 g/mol. The van der Waals surface area contributed by atoms with Gasteiger partial charge < -0.3 is 4.90 Å². The SMILES string of the molecule is CC(=O)[C@H]1CCCN1C(=O)[C@@H]1CC[C@H](C(C)=O)N1. The van der Waals surface area contributed by atoms with E-state index in [2.05, 4.69) is 5.32 Å². The van der Waals surface area contributed by atoms with Gasteiger partial charge in [0.05, 0.1) is 18.1 Å². The van der Waals surface area contributed by atoms with E-state index in [-0.39, 0.29) is 35.6 Å². The number of amides is 1. The Morgan fingerprint density at radius 2 is 1.67 bits per heavy atom. The third-order valence-electron chi connectivity index (χ3n) is 3.94. The van der Waals surface area contributed by atoms with Crippen LogP contribution < -0.4 is 5.32 Å². The van der Waals surface area contributed by atoms with Gasteiger partial charge in [0, 0.05) is 6.54 Å². The van der Waals surface area contributed by atoms with Crippen LogP contribution in [0.1, 0.15) is 39.5 Å². The molecule has 2 fully saturated rings. The Balaban J connectivity index is 2.00. The zero-order valence-electron chi connectivity index (χ0n) is 10.9.